The quantitative estimate of drug-likeness (QED) is 0.875. The summed E-state index contributed by atoms with van der Waals surface area (Å²) < 4.78 is 13.3. The van der Waals surface area contributed by atoms with Crippen molar-refractivity contribution in [2.24, 2.45) is 11.1 Å². The van der Waals surface area contributed by atoms with Gasteiger partial charge < -0.3 is 11.1 Å². The molecule has 2 unspecified atom stereocenters. The van der Waals surface area contributed by atoms with Crippen LogP contribution in [0.5, 0.6) is 0 Å². The summed E-state index contributed by atoms with van der Waals surface area (Å²) in [6, 6.07) is 5.92. The van der Waals surface area contributed by atoms with Gasteiger partial charge in [0, 0.05) is 18.6 Å². The topological polar surface area (TPSA) is 38.0 Å². The van der Waals surface area contributed by atoms with E-state index in [0.29, 0.717) is 23.6 Å². The number of aryl methyl sites for hydroxylation is 1. The summed E-state index contributed by atoms with van der Waals surface area (Å²) >= 11 is 0. The maximum absolute atomic E-state index is 13.3. The van der Waals surface area contributed by atoms with Crippen molar-refractivity contribution in [1.82, 2.24) is 5.32 Å². The number of hydrogen-bond donors (Lipinski definition) is 2. The average molecular weight is 264 g/mol. The lowest BCUT2D eigenvalue weighted by Gasteiger charge is -2.24. The molecule has 0 radical (unpaired) electrons. The molecule has 3 N–H and O–H groups in total. The summed E-state index contributed by atoms with van der Waals surface area (Å²) in [6.45, 7) is 6.97. The minimum Gasteiger partial charge on any atom is -0.329 e. The summed E-state index contributed by atoms with van der Waals surface area (Å²) in [5.74, 6) is -0.151. The molecule has 2 atom stereocenters. The van der Waals surface area contributed by atoms with Crippen LogP contribution in [0.15, 0.2) is 18.2 Å². The number of benzene rings is 1. The largest absolute Gasteiger partial charge is 0.329 e. The van der Waals surface area contributed by atoms with Crippen molar-refractivity contribution >= 4 is 0 Å². The van der Waals surface area contributed by atoms with Crippen LogP contribution >= 0.6 is 0 Å². The molecule has 1 aromatic carbocycles. The van der Waals surface area contributed by atoms with Crippen LogP contribution in [0.3, 0.4) is 0 Å². The van der Waals surface area contributed by atoms with E-state index in [0.717, 1.165) is 5.56 Å². The second kappa shape index (κ2) is 5.59. The van der Waals surface area contributed by atoms with Crippen molar-refractivity contribution in [3.8, 4) is 0 Å². The number of rotatable bonds is 4. The molecular formula is C16H25FN2. The molecule has 0 aliphatic heterocycles. The van der Waals surface area contributed by atoms with Crippen molar-refractivity contribution in [1.29, 1.82) is 0 Å². The van der Waals surface area contributed by atoms with Crippen LogP contribution in [0.25, 0.3) is 0 Å². The molecule has 0 bridgehead atoms. The molecule has 19 heavy (non-hydrogen) atoms. The molecule has 0 saturated heterocycles. The first kappa shape index (κ1) is 14.5. The van der Waals surface area contributed by atoms with Crippen molar-refractivity contribution in [2.75, 3.05) is 6.54 Å². The van der Waals surface area contributed by atoms with Crippen LogP contribution in [0.1, 0.15) is 50.3 Å². The fraction of sp³-hybridized carbons (Fsp3) is 0.625. The Morgan fingerprint density at radius 3 is 2.74 bits per heavy atom. The van der Waals surface area contributed by atoms with E-state index >= 15 is 0 Å². The molecule has 1 aliphatic rings. The van der Waals surface area contributed by atoms with Crippen molar-refractivity contribution in [3.63, 3.8) is 0 Å². The maximum Gasteiger partial charge on any atom is 0.126 e. The Balaban J connectivity index is 2.06. The number of nitrogens with one attached hydrogen (secondary N) is 1. The monoisotopic (exact) mass is 264 g/mol. The second-order valence-electron chi connectivity index (χ2n) is 6.57. The Morgan fingerprint density at radius 1 is 1.47 bits per heavy atom. The molecule has 2 nitrogen and oxygen atoms in total. The van der Waals surface area contributed by atoms with Gasteiger partial charge in [-0.05, 0) is 48.8 Å². The van der Waals surface area contributed by atoms with Crippen LogP contribution in [0.2, 0.25) is 0 Å². The summed E-state index contributed by atoms with van der Waals surface area (Å²) in [5, 5.41) is 3.64. The molecule has 0 spiro atoms. The molecular weight excluding hydrogens is 239 g/mol. The lowest BCUT2D eigenvalue weighted by Crippen LogP contribution is -2.35. The van der Waals surface area contributed by atoms with E-state index in [4.69, 9.17) is 5.73 Å². The second-order valence-corrected chi connectivity index (χ2v) is 6.57. The Labute approximate surface area is 115 Å². The highest BCUT2D eigenvalue weighted by Gasteiger charge is 2.31. The van der Waals surface area contributed by atoms with E-state index in [2.05, 4.69) is 19.2 Å². The maximum atomic E-state index is 13.3. The summed E-state index contributed by atoms with van der Waals surface area (Å²) in [5.41, 5.74) is 8.08. The van der Waals surface area contributed by atoms with Gasteiger partial charge in [0.2, 0.25) is 0 Å². The van der Waals surface area contributed by atoms with E-state index in [1.54, 1.807) is 6.92 Å². The van der Waals surface area contributed by atoms with Gasteiger partial charge in [0.1, 0.15) is 5.82 Å². The van der Waals surface area contributed by atoms with Gasteiger partial charge in [-0.3, -0.25) is 0 Å². The van der Waals surface area contributed by atoms with Crippen molar-refractivity contribution in [2.45, 2.75) is 52.1 Å². The lowest BCUT2D eigenvalue weighted by molar-refractivity contribution is 0.353. The summed E-state index contributed by atoms with van der Waals surface area (Å²) in [4.78, 5) is 0. The zero-order valence-electron chi connectivity index (χ0n) is 12.2. The van der Waals surface area contributed by atoms with Gasteiger partial charge in [0.15, 0.2) is 0 Å². The van der Waals surface area contributed by atoms with Crippen LogP contribution in [-0.2, 0) is 0 Å². The molecule has 0 heterocycles. The van der Waals surface area contributed by atoms with E-state index < -0.39 is 0 Å². The Morgan fingerprint density at radius 2 is 2.21 bits per heavy atom. The number of halogens is 1. The van der Waals surface area contributed by atoms with Gasteiger partial charge in [-0.1, -0.05) is 26.0 Å². The molecule has 1 aromatic rings. The Kier molecular flexibility index (Phi) is 4.26. The molecule has 1 saturated carbocycles. The smallest absolute Gasteiger partial charge is 0.126 e. The molecule has 1 aliphatic carbocycles. The zero-order valence-corrected chi connectivity index (χ0v) is 12.2. The van der Waals surface area contributed by atoms with Crippen LogP contribution in [-0.4, -0.2) is 12.6 Å². The third-order valence-corrected chi connectivity index (χ3v) is 4.23. The van der Waals surface area contributed by atoms with Gasteiger partial charge in [0.05, 0.1) is 0 Å². The number of hydrogen-bond acceptors (Lipinski definition) is 2. The van der Waals surface area contributed by atoms with Crippen LogP contribution in [0, 0.1) is 18.2 Å². The highest BCUT2D eigenvalue weighted by molar-refractivity contribution is 5.27. The van der Waals surface area contributed by atoms with Gasteiger partial charge in [0.25, 0.3) is 0 Å². The first-order valence-electron chi connectivity index (χ1n) is 7.13. The predicted molar refractivity (Wildman–Crippen MR) is 77.5 cm³/mol. The van der Waals surface area contributed by atoms with Gasteiger partial charge in [-0.2, -0.15) is 0 Å². The van der Waals surface area contributed by atoms with Gasteiger partial charge >= 0.3 is 0 Å². The third-order valence-electron chi connectivity index (χ3n) is 4.23. The van der Waals surface area contributed by atoms with Crippen molar-refractivity contribution < 1.29 is 4.39 Å². The Hall–Kier alpha value is -0.930. The predicted octanol–water partition coefficient (Wildman–Crippen LogP) is 3.30. The van der Waals surface area contributed by atoms with Crippen molar-refractivity contribution in [3.05, 3.63) is 35.1 Å². The van der Waals surface area contributed by atoms with E-state index in [-0.39, 0.29) is 11.9 Å². The zero-order chi connectivity index (χ0) is 14.0. The standard InChI is InChI=1S/C16H25FN2/c1-11-8-12(4-5-14(11)17)15(10-18)19-13-6-7-16(2,3)9-13/h4-5,8,13,15,19H,6-7,9-10,18H2,1-3H3. The van der Waals surface area contributed by atoms with Gasteiger partial charge in [-0.25, -0.2) is 4.39 Å². The molecule has 0 amide bonds. The first-order chi connectivity index (χ1) is 8.91. The SMILES string of the molecule is Cc1cc(C(CN)NC2CCC(C)(C)C2)ccc1F. The van der Waals surface area contributed by atoms with Gasteiger partial charge in [-0.15, -0.1) is 0 Å². The Bertz CT molecular complexity index is 442. The minimum absolute atomic E-state index is 0.123. The normalized spacial score (nSPS) is 23.5. The highest BCUT2D eigenvalue weighted by atomic mass is 19.1. The third kappa shape index (κ3) is 3.54. The van der Waals surface area contributed by atoms with E-state index in [1.165, 1.54) is 25.3 Å². The van der Waals surface area contributed by atoms with Crippen LogP contribution < -0.4 is 11.1 Å². The van der Waals surface area contributed by atoms with E-state index in [9.17, 15) is 4.39 Å². The molecule has 1 fully saturated rings. The fourth-order valence-electron chi connectivity index (χ4n) is 3.05. The average Bonchev–Trinajstić information content (AvgIpc) is 2.69. The fourth-order valence-corrected chi connectivity index (χ4v) is 3.05. The molecule has 3 heteroatoms. The summed E-state index contributed by atoms with van der Waals surface area (Å²) in [7, 11) is 0. The van der Waals surface area contributed by atoms with E-state index in [1.807, 2.05) is 12.1 Å². The first-order valence-corrected chi connectivity index (χ1v) is 7.13. The molecule has 106 valence electrons. The lowest BCUT2D eigenvalue weighted by atomic mass is 9.91. The molecule has 2 rings (SSSR count). The minimum atomic E-state index is -0.151. The number of nitrogens with two attached hydrogens (primary N) is 1. The van der Waals surface area contributed by atoms with Crippen LogP contribution in [0.4, 0.5) is 4.39 Å². The molecule has 0 aromatic heterocycles. The summed E-state index contributed by atoms with van der Waals surface area (Å²) in [6.07, 6.45) is 3.64. The highest BCUT2D eigenvalue weighted by Crippen LogP contribution is 2.37.